The van der Waals surface area contributed by atoms with Gasteiger partial charge in [0.05, 0.1) is 5.52 Å². The number of amides is 1. The molecular formula is C23H31N5O2. The minimum atomic E-state index is -0.263. The molecule has 7 nitrogen and oxygen atoms in total. The predicted molar refractivity (Wildman–Crippen MR) is 119 cm³/mol. The third-order valence-corrected chi connectivity index (χ3v) is 6.33. The zero-order valence-electron chi connectivity index (χ0n) is 18.1. The van der Waals surface area contributed by atoms with Gasteiger partial charge in [-0.1, -0.05) is 18.6 Å². The van der Waals surface area contributed by atoms with E-state index in [0.29, 0.717) is 24.3 Å². The first-order chi connectivity index (χ1) is 14.5. The van der Waals surface area contributed by atoms with Crippen LogP contribution in [0.3, 0.4) is 0 Å². The molecule has 1 N–H and O–H groups in total. The summed E-state index contributed by atoms with van der Waals surface area (Å²) in [6.45, 7) is 8.34. The first-order valence-corrected chi connectivity index (χ1v) is 11.0. The lowest BCUT2D eigenvalue weighted by molar-refractivity contribution is -0.121. The highest BCUT2D eigenvalue weighted by molar-refractivity contribution is 5.93. The molecule has 1 saturated heterocycles. The van der Waals surface area contributed by atoms with Crippen LogP contribution in [0.5, 0.6) is 0 Å². The molecule has 2 atom stereocenters. The Kier molecular flexibility index (Phi) is 5.90. The zero-order chi connectivity index (χ0) is 21.3. The summed E-state index contributed by atoms with van der Waals surface area (Å²) in [7, 11) is 0. The van der Waals surface area contributed by atoms with Gasteiger partial charge < -0.3 is 5.32 Å². The van der Waals surface area contributed by atoms with Gasteiger partial charge in [-0.2, -0.15) is 4.98 Å². The van der Waals surface area contributed by atoms with Crippen LogP contribution in [0.4, 0.5) is 0 Å². The molecule has 0 spiro atoms. The Bertz CT molecular complexity index is 1110. The Morgan fingerprint density at radius 2 is 1.93 bits per heavy atom. The number of hydrogen-bond donors (Lipinski definition) is 1. The lowest BCUT2D eigenvalue weighted by atomic mass is 9.97. The number of benzene rings is 1. The number of piperidine rings is 1. The van der Waals surface area contributed by atoms with Gasteiger partial charge in [-0.05, 0) is 52.2 Å². The number of nitrogens with one attached hydrogen (secondary N) is 1. The van der Waals surface area contributed by atoms with Crippen molar-refractivity contribution in [2.24, 2.45) is 0 Å². The van der Waals surface area contributed by atoms with Crippen LogP contribution in [0.2, 0.25) is 0 Å². The molecule has 1 aromatic carbocycles. The fourth-order valence-electron chi connectivity index (χ4n) is 4.82. The molecule has 4 rings (SSSR count). The van der Waals surface area contributed by atoms with E-state index in [2.05, 4.69) is 29.0 Å². The van der Waals surface area contributed by atoms with E-state index in [1.807, 2.05) is 40.4 Å². The maximum atomic E-state index is 12.7. The van der Waals surface area contributed by atoms with Crippen LogP contribution < -0.4 is 10.9 Å². The molecule has 0 aliphatic carbocycles. The molecule has 1 fully saturated rings. The van der Waals surface area contributed by atoms with E-state index in [1.54, 1.807) is 0 Å². The number of fused-ring (bicyclic) bond motifs is 3. The summed E-state index contributed by atoms with van der Waals surface area (Å²) in [5.41, 5.74) is 1.99. The van der Waals surface area contributed by atoms with Gasteiger partial charge in [-0.15, -0.1) is 0 Å². The van der Waals surface area contributed by atoms with Crippen LogP contribution in [0, 0.1) is 6.92 Å². The Hall–Kier alpha value is -2.67. The van der Waals surface area contributed by atoms with E-state index in [4.69, 9.17) is 0 Å². The quantitative estimate of drug-likeness (QED) is 0.636. The fourth-order valence-corrected chi connectivity index (χ4v) is 4.82. The molecule has 30 heavy (non-hydrogen) atoms. The zero-order valence-corrected chi connectivity index (χ0v) is 18.1. The van der Waals surface area contributed by atoms with Gasteiger partial charge in [0, 0.05) is 42.3 Å². The highest BCUT2D eigenvalue weighted by atomic mass is 16.2. The van der Waals surface area contributed by atoms with Gasteiger partial charge in [0.25, 0.3) is 5.56 Å². The van der Waals surface area contributed by atoms with Crippen LogP contribution in [0.25, 0.3) is 16.6 Å². The molecule has 1 amide bonds. The minimum absolute atomic E-state index is 0.0319. The number of carbonyl (C=O) groups excluding carboxylic acids is 1. The van der Waals surface area contributed by atoms with Gasteiger partial charge in [0.1, 0.15) is 6.54 Å². The van der Waals surface area contributed by atoms with Crippen molar-refractivity contribution in [3.8, 4) is 0 Å². The summed E-state index contributed by atoms with van der Waals surface area (Å²) in [6, 6.07) is 10.5. The van der Waals surface area contributed by atoms with Crippen molar-refractivity contribution in [2.45, 2.75) is 65.1 Å². The topological polar surface area (TPSA) is 71.6 Å². The summed E-state index contributed by atoms with van der Waals surface area (Å²) < 4.78 is 3.76. The molecule has 2 aromatic heterocycles. The largest absolute Gasteiger partial charge is 0.354 e. The smallest absolute Gasteiger partial charge is 0.273 e. The number of rotatable bonds is 6. The Morgan fingerprint density at radius 1 is 1.20 bits per heavy atom. The maximum absolute atomic E-state index is 12.7. The van der Waals surface area contributed by atoms with Crippen LogP contribution in [-0.2, 0) is 11.3 Å². The Morgan fingerprint density at radius 3 is 2.70 bits per heavy atom. The first kappa shape index (κ1) is 20.6. The van der Waals surface area contributed by atoms with Gasteiger partial charge in [0.15, 0.2) is 5.65 Å². The molecular weight excluding hydrogens is 378 g/mol. The SMILES string of the molecule is Cc1cc(=O)nc2c3ccccc3n(CC(=O)NCCCN3[C@H](C)CCC[C@@H]3C)n12. The number of likely N-dealkylation sites (tertiary alicyclic amines) is 1. The van der Waals surface area contributed by atoms with Crippen molar-refractivity contribution in [1.82, 2.24) is 24.4 Å². The monoisotopic (exact) mass is 409 g/mol. The van der Waals surface area contributed by atoms with Gasteiger partial charge >= 0.3 is 0 Å². The van der Waals surface area contributed by atoms with Gasteiger partial charge in [-0.3, -0.25) is 19.2 Å². The second-order valence-electron chi connectivity index (χ2n) is 8.52. The number of carbonyl (C=O) groups is 1. The summed E-state index contributed by atoms with van der Waals surface area (Å²) in [5.74, 6) is -0.0319. The highest BCUT2D eigenvalue weighted by Gasteiger charge is 2.23. The molecule has 7 heteroatoms. The van der Waals surface area contributed by atoms with Crippen LogP contribution in [0.1, 0.15) is 45.2 Å². The van der Waals surface area contributed by atoms with Crippen LogP contribution in [0.15, 0.2) is 35.1 Å². The van der Waals surface area contributed by atoms with Crippen molar-refractivity contribution >= 4 is 22.5 Å². The van der Waals surface area contributed by atoms with E-state index < -0.39 is 0 Å². The molecule has 160 valence electrons. The Labute approximate surface area is 176 Å². The fraction of sp³-hybridized carbons (Fsp3) is 0.522. The van der Waals surface area contributed by atoms with Crippen molar-refractivity contribution in [2.75, 3.05) is 13.1 Å². The highest BCUT2D eigenvalue weighted by Crippen LogP contribution is 2.23. The number of aromatic nitrogens is 3. The van der Waals surface area contributed by atoms with E-state index in [9.17, 15) is 9.59 Å². The molecule has 0 saturated carbocycles. The van der Waals surface area contributed by atoms with Crippen LogP contribution >= 0.6 is 0 Å². The number of hydrogen-bond acceptors (Lipinski definition) is 4. The standard InChI is InChI=1S/C23H31N5O2/c1-16-8-6-9-17(2)26(16)13-7-12-24-22(30)15-27-20-11-5-4-10-19(20)23-25-21(29)14-18(3)28(23)27/h4-5,10-11,14,16-17H,6-9,12-13,15H2,1-3H3,(H,24,30)/t16-,17+. The summed E-state index contributed by atoms with van der Waals surface area (Å²) in [5, 5.41) is 3.94. The third kappa shape index (κ3) is 3.99. The summed E-state index contributed by atoms with van der Waals surface area (Å²) in [6.07, 6.45) is 4.79. The molecule has 1 aliphatic heterocycles. The molecule has 0 radical (unpaired) electrons. The molecule has 1 aliphatic rings. The second kappa shape index (κ2) is 8.60. The minimum Gasteiger partial charge on any atom is -0.354 e. The molecule has 0 unspecified atom stereocenters. The number of nitrogens with zero attached hydrogens (tertiary/aromatic N) is 4. The lowest BCUT2D eigenvalue weighted by Gasteiger charge is -2.39. The number of aryl methyl sites for hydroxylation is 1. The summed E-state index contributed by atoms with van der Waals surface area (Å²) in [4.78, 5) is 31.4. The molecule has 3 heterocycles. The van der Waals surface area contributed by atoms with E-state index in [0.717, 1.165) is 29.6 Å². The van der Waals surface area contributed by atoms with Crippen molar-refractivity contribution in [1.29, 1.82) is 0 Å². The normalized spacial score (nSPS) is 20.1. The summed E-state index contributed by atoms with van der Waals surface area (Å²) >= 11 is 0. The third-order valence-electron chi connectivity index (χ3n) is 6.33. The average molecular weight is 410 g/mol. The average Bonchev–Trinajstić information content (AvgIpc) is 3.01. The van der Waals surface area contributed by atoms with E-state index >= 15 is 0 Å². The maximum Gasteiger partial charge on any atom is 0.273 e. The van der Waals surface area contributed by atoms with Crippen molar-refractivity contribution < 1.29 is 4.79 Å². The van der Waals surface area contributed by atoms with Crippen molar-refractivity contribution in [3.05, 3.63) is 46.4 Å². The van der Waals surface area contributed by atoms with E-state index in [-0.39, 0.29) is 18.0 Å². The Balaban J connectivity index is 1.45. The van der Waals surface area contributed by atoms with Crippen molar-refractivity contribution in [3.63, 3.8) is 0 Å². The second-order valence-corrected chi connectivity index (χ2v) is 8.52. The predicted octanol–water partition coefficient (Wildman–Crippen LogP) is 2.73. The van der Waals surface area contributed by atoms with Crippen LogP contribution in [-0.4, -0.2) is 50.2 Å². The number of para-hydroxylation sites is 1. The van der Waals surface area contributed by atoms with E-state index in [1.165, 1.54) is 25.3 Å². The lowest BCUT2D eigenvalue weighted by Crippen LogP contribution is -2.44. The molecule has 0 bridgehead atoms. The van der Waals surface area contributed by atoms with Gasteiger partial charge in [0.2, 0.25) is 5.91 Å². The molecule has 3 aromatic rings. The van der Waals surface area contributed by atoms with Gasteiger partial charge in [-0.25, -0.2) is 4.52 Å². The first-order valence-electron chi connectivity index (χ1n) is 11.0.